The maximum absolute atomic E-state index is 13.8. The summed E-state index contributed by atoms with van der Waals surface area (Å²) in [6.45, 7) is 11.9. The highest BCUT2D eigenvalue weighted by atomic mass is 35.5. The Morgan fingerprint density at radius 3 is 2.39 bits per heavy atom. The van der Waals surface area contributed by atoms with Gasteiger partial charge in [-0.05, 0) is 70.4 Å². The molecule has 9 heteroatoms. The van der Waals surface area contributed by atoms with Gasteiger partial charge in [0.2, 0.25) is 0 Å². The molecule has 0 radical (unpaired) electrons. The van der Waals surface area contributed by atoms with Crippen molar-refractivity contribution in [2.75, 3.05) is 18.4 Å². The number of carbonyl (C=O) groups is 2. The first-order valence-corrected chi connectivity index (χ1v) is 14.3. The number of carbonyl (C=O) groups excluding carboxylic acids is 2. The number of amides is 1. The van der Waals surface area contributed by atoms with E-state index in [9.17, 15) is 9.59 Å². The first-order chi connectivity index (χ1) is 17.0. The summed E-state index contributed by atoms with van der Waals surface area (Å²) in [5, 5.41) is 8.32. The molecule has 3 heterocycles. The van der Waals surface area contributed by atoms with Crippen LogP contribution in [0.25, 0.3) is 0 Å². The van der Waals surface area contributed by atoms with Crippen LogP contribution in [-0.2, 0) is 11.3 Å². The first kappa shape index (κ1) is 27.0. The molecule has 2 fully saturated rings. The molecule has 2 aliphatic rings. The monoisotopic (exact) mass is 534 g/mol. The van der Waals surface area contributed by atoms with Crippen LogP contribution < -0.4 is 5.32 Å². The molecule has 4 rings (SSSR count). The van der Waals surface area contributed by atoms with E-state index < -0.39 is 5.60 Å². The first-order valence-electron chi connectivity index (χ1n) is 13.1. The summed E-state index contributed by atoms with van der Waals surface area (Å²) >= 11 is 7.65. The van der Waals surface area contributed by atoms with E-state index in [4.69, 9.17) is 21.4 Å². The minimum absolute atomic E-state index is 0.0303. The zero-order valence-corrected chi connectivity index (χ0v) is 23.6. The summed E-state index contributed by atoms with van der Waals surface area (Å²) in [6, 6.07) is 5.92. The minimum atomic E-state index is -0.506. The van der Waals surface area contributed by atoms with Crippen molar-refractivity contribution in [2.45, 2.75) is 84.8 Å². The lowest BCUT2D eigenvalue weighted by atomic mass is 9.73. The number of aromatic nitrogens is 2. The summed E-state index contributed by atoms with van der Waals surface area (Å²) in [5.74, 6) is 1.66. The molecule has 1 N–H and O–H groups in total. The van der Waals surface area contributed by atoms with Gasteiger partial charge in [0.05, 0.1) is 16.6 Å². The van der Waals surface area contributed by atoms with Gasteiger partial charge in [0, 0.05) is 35.9 Å². The normalized spacial score (nSPS) is 23.5. The number of hydrogen-bond donors (Lipinski definition) is 1. The third kappa shape index (κ3) is 6.43. The number of piperidine rings is 1. The third-order valence-electron chi connectivity index (χ3n) is 7.40. The maximum atomic E-state index is 13.8. The Labute approximate surface area is 223 Å². The Morgan fingerprint density at radius 2 is 1.81 bits per heavy atom. The Balaban J connectivity index is 1.52. The van der Waals surface area contributed by atoms with Gasteiger partial charge in [-0.3, -0.25) is 4.79 Å². The fourth-order valence-corrected chi connectivity index (χ4v) is 6.54. The Kier molecular flexibility index (Phi) is 8.35. The van der Waals surface area contributed by atoms with E-state index in [-0.39, 0.29) is 23.8 Å². The number of hydrogen-bond acceptors (Lipinski definition) is 6. The number of anilines is 1. The molecule has 0 aromatic carbocycles. The van der Waals surface area contributed by atoms with Gasteiger partial charge in [-0.15, -0.1) is 11.3 Å². The highest BCUT2D eigenvalue weighted by molar-refractivity contribution is 7.16. The molecular formula is C27H39ClN4O3S. The standard InChI is InChI=1S/C27H39ClN4O3S/c1-17-7-6-8-18(2)24(17)25(33)32-23(29-16-20-9-10-22(28)36-20)15-21(30-32)19-11-13-31(14-12-19)26(34)35-27(3,4)5/h9-10,15,17-19,24,29H,6-8,11-14,16H2,1-5H3. The van der Waals surface area contributed by atoms with E-state index in [2.05, 4.69) is 19.2 Å². The molecule has 36 heavy (non-hydrogen) atoms. The largest absolute Gasteiger partial charge is 0.444 e. The number of rotatable bonds is 5. The number of nitrogens with zero attached hydrogens (tertiary/aromatic N) is 3. The van der Waals surface area contributed by atoms with Crippen molar-refractivity contribution in [3.8, 4) is 0 Å². The zero-order chi connectivity index (χ0) is 26.0. The van der Waals surface area contributed by atoms with Crippen molar-refractivity contribution in [3.05, 3.63) is 33.1 Å². The lowest BCUT2D eigenvalue weighted by molar-refractivity contribution is 0.0204. The SMILES string of the molecule is CC1CCCC(C)C1C(=O)n1nc(C2CCN(C(=O)OC(C)(C)C)CC2)cc1NCc1ccc(Cl)s1. The Bertz CT molecular complexity index is 1060. The van der Waals surface area contributed by atoms with Gasteiger partial charge in [0.1, 0.15) is 11.4 Å². The van der Waals surface area contributed by atoms with Crippen LogP contribution >= 0.6 is 22.9 Å². The van der Waals surface area contributed by atoms with Crippen molar-refractivity contribution in [3.63, 3.8) is 0 Å². The molecule has 2 aromatic heterocycles. The predicted octanol–water partition coefficient (Wildman–Crippen LogP) is 7.04. The van der Waals surface area contributed by atoms with Crippen LogP contribution in [-0.4, -0.2) is 45.4 Å². The Morgan fingerprint density at radius 1 is 1.14 bits per heavy atom. The zero-order valence-electron chi connectivity index (χ0n) is 22.1. The summed E-state index contributed by atoms with van der Waals surface area (Å²) in [7, 11) is 0. The van der Waals surface area contributed by atoms with E-state index in [0.29, 0.717) is 31.5 Å². The summed E-state index contributed by atoms with van der Waals surface area (Å²) < 4.78 is 7.91. The molecule has 1 aliphatic carbocycles. The maximum Gasteiger partial charge on any atom is 0.410 e. The summed E-state index contributed by atoms with van der Waals surface area (Å²) in [6.07, 6.45) is 4.65. The number of ether oxygens (including phenoxy) is 1. The van der Waals surface area contributed by atoms with Crippen molar-refractivity contribution in [1.82, 2.24) is 14.7 Å². The molecule has 0 bridgehead atoms. The number of nitrogens with one attached hydrogen (secondary N) is 1. The van der Waals surface area contributed by atoms with Crippen LogP contribution in [0.2, 0.25) is 4.34 Å². The fourth-order valence-electron chi connectivity index (χ4n) is 5.51. The predicted molar refractivity (Wildman–Crippen MR) is 145 cm³/mol. The average molecular weight is 535 g/mol. The van der Waals surface area contributed by atoms with Crippen LogP contribution in [0.15, 0.2) is 18.2 Å². The van der Waals surface area contributed by atoms with Gasteiger partial charge in [-0.2, -0.15) is 9.78 Å². The molecule has 1 amide bonds. The molecule has 2 aromatic rings. The smallest absolute Gasteiger partial charge is 0.410 e. The van der Waals surface area contributed by atoms with E-state index >= 15 is 0 Å². The quantitative estimate of drug-likeness (QED) is 0.445. The van der Waals surface area contributed by atoms with Crippen molar-refractivity contribution in [1.29, 1.82) is 0 Å². The molecule has 0 spiro atoms. The van der Waals surface area contributed by atoms with Gasteiger partial charge in [-0.1, -0.05) is 31.9 Å². The minimum Gasteiger partial charge on any atom is -0.444 e. The van der Waals surface area contributed by atoms with Crippen LogP contribution in [0.4, 0.5) is 10.6 Å². The van der Waals surface area contributed by atoms with E-state index in [1.807, 2.05) is 39.0 Å². The van der Waals surface area contributed by atoms with Gasteiger partial charge >= 0.3 is 6.09 Å². The lowest BCUT2D eigenvalue weighted by Crippen LogP contribution is -2.41. The topological polar surface area (TPSA) is 76.5 Å². The number of thiophene rings is 1. The van der Waals surface area contributed by atoms with Gasteiger partial charge in [0.25, 0.3) is 5.91 Å². The summed E-state index contributed by atoms with van der Waals surface area (Å²) in [5.41, 5.74) is 0.406. The molecule has 2 unspecified atom stereocenters. The Hall–Kier alpha value is -2.06. The van der Waals surface area contributed by atoms with Crippen molar-refractivity contribution >= 4 is 40.8 Å². The van der Waals surface area contributed by atoms with Crippen LogP contribution in [0.3, 0.4) is 0 Å². The number of likely N-dealkylation sites (tertiary alicyclic amines) is 1. The van der Waals surface area contributed by atoms with Gasteiger partial charge in [0.15, 0.2) is 0 Å². The fraction of sp³-hybridized carbons (Fsp3) is 0.667. The lowest BCUT2D eigenvalue weighted by Gasteiger charge is -2.33. The van der Waals surface area contributed by atoms with E-state index in [1.165, 1.54) is 17.8 Å². The van der Waals surface area contributed by atoms with Crippen LogP contribution in [0.5, 0.6) is 0 Å². The third-order valence-corrected chi connectivity index (χ3v) is 8.64. The highest BCUT2D eigenvalue weighted by Gasteiger charge is 2.36. The van der Waals surface area contributed by atoms with Crippen LogP contribution in [0.1, 0.15) is 88.0 Å². The van der Waals surface area contributed by atoms with Gasteiger partial charge in [-0.25, -0.2) is 4.79 Å². The molecule has 198 valence electrons. The number of halogens is 1. The second-order valence-electron chi connectivity index (χ2n) is 11.4. The van der Waals surface area contributed by atoms with Crippen molar-refractivity contribution < 1.29 is 14.3 Å². The van der Waals surface area contributed by atoms with Crippen LogP contribution in [0, 0.1) is 17.8 Å². The average Bonchev–Trinajstić information content (AvgIpc) is 3.42. The molecule has 1 aliphatic heterocycles. The van der Waals surface area contributed by atoms with E-state index in [0.717, 1.165) is 46.4 Å². The second kappa shape index (κ2) is 11.1. The highest BCUT2D eigenvalue weighted by Crippen LogP contribution is 2.37. The van der Waals surface area contributed by atoms with E-state index in [1.54, 1.807) is 9.58 Å². The molecule has 1 saturated heterocycles. The molecule has 1 saturated carbocycles. The van der Waals surface area contributed by atoms with Gasteiger partial charge < -0.3 is 15.0 Å². The molecular weight excluding hydrogens is 496 g/mol. The van der Waals surface area contributed by atoms with Crippen molar-refractivity contribution in [2.24, 2.45) is 17.8 Å². The summed E-state index contributed by atoms with van der Waals surface area (Å²) in [4.78, 5) is 29.2. The molecule has 7 nitrogen and oxygen atoms in total. The second-order valence-corrected chi connectivity index (χ2v) is 13.2. The molecule has 2 atom stereocenters.